The van der Waals surface area contributed by atoms with E-state index in [0.717, 1.165) is 0 Å². The average Bonchev–Trinajstić information content (AvgIpc) is 2.09. The lowest BCUT2D eigenvalue weighted by molar-refractivity contribution is 0.252. The van der Waals surface area contributed by atoms with E-state index in [0.29, 0.717) is 26.2 Å². The summed E-state index contributed by atoms with van der Waals surface area (Å²) in [4.78, 5) is 0. The highest BCUT2D eigenvalue weighted by Crippen LogP contribution is 2.17. The van der Waals surface area contributed by atoms with Crippen LogP contribution in [-0.2, 0) is 10.2 Å². The van der Waals surface area contributed by atoms with E-state index in [1.54, 1.807) is 7.05 Å². The maximum Gasteiger partial charge on any atom is 0.281 e. The van der Waals surface area contributed by atoms with Crippen LogP contribution in [0.2, 0.25) is 0 Å². The lowest BCUT2D eigenvalue weighted by Crippen LogP contribution is -2.53. The summed E-state index contributed by atoms with van der Waals surface area (Å²) >= 11 is 0. The average molecular weight is 207 g/mol. The molecule has 78 valence electrons. The van der Waals surface area contributed by atoms with Crippen molar-refractivity contribution in [3.05, 3.63) is 0 Å². The van der Waals surface area contributed by atoms with Crippen LogP contribution in [0.15, 0.2) is 0 Å². The van der Waals surface area contributed by atoms with Gasteiger partial charge >= 0.3 is 0 Å². The molecule has 1 fully saturated rings. The molecular formula is C7H17N3O2S. The number of nitrogens with two attached hydrogens (primary N) is 1. The van der Waals surface area contributed by atoms with Gasteiger partial charge in [0.15, 0.2) is 0 Å². The van der Waals surface area contributed by atoms with Crippen LogP contribution < -0.4 is 5.73 Å². The van der Waals surface area contributed by atoms with Crippen LogP contribution in [0.1, 0.15) is 6.92 Å². The molecule has 5 nitrogen and oxygen atoms in total. The van der Waals surface area contributed by atoms with Crippen molar-refractivity contribution in [2.24, 2.45) is 11.7 Å². The quantitative estimate of drug-likeness (QED) is 0.636. The zero-order valence-corrected chi connectivity index (χ0v) is 8.92. The molecule has 1 saturated heterocycles. The topological polar surface area (TPSA) is 66.6 Å². The van der Waals surface area contributed by atoms with E-state index in [9.17, 15) is 8.42 Å². The first-order valence-electron chi connectivity index (χ1n) is 4.43. The van der Waals surface area contributed by atoms with Gasteiger partial charge in [-0.15, -0.1) is 0 Å². The zero-order chi connectivity index (χ0) is 10.1. The molecule has 1 aliphatic heterocycles. The summed E-state index contributed by atoms with van der Waals surface area (Å²) in [6, 6.07) is 0. The second kappa shape index (κ2) is 3.91. The fourth-order valence-corrected chi connectivity index (χ4v) is 3.06. The van der Waals surface area contributed by atoms with Gasteiger partial charge in [0.05, 0.1) is 0 Å². The van der Waals surface area contributed by atoms with E-state index in [1.807, 2.05) is 6.92 Å². The molecule has 1 atom stereocenters. The smallest absolute Gasteiger partial charge is 0.281 e. The Labute approximate surface area is 79.7 Å². The van der Waals surface area contributed by atoms with Crippen LogP contribution in [-0.4, -0.2) is 50.3 Å². The van der Waals surface area contributed by atoms with Gasteiger partial charge in [-0.05, 0) is 12.5 Å². The van der Waals surface area contributed by atoms with Crippen molar-refractivity contribution in [1.29, 1.82) is 0 Å². The minimum Gasteiger partial charge on any atom is -0.330 e. The van der Waals surface area contributed by atoms with Crippen LogP contribution in [0, 0.1) is 5.92 Å². The van der Waals surface area contributed by atoms with Crippen molar-refractivity contribution in [3.8, 4) is 0 Å². The summed E-state index contributed by atoms with van der Waals surface area (Å²) in [6.45, 7) is 3.98. The van der Waals surface area contributed by atoms with Gasteiger partial charge in [-0.3, -0.25) is 0 Å². The predicted octanol–water partition coefficient (Wildman–Crippen LogP) is -0.927. The van der Waals surface area contributed by atoms with Gasteiger partial charge in [0.1, 0.15) is 0 Å². The third-order valence-corrected chi connectivity index (χ3v) is 4.38. The third-order valence-electron chi connectivity index (χ3n) is 2.38. The molecule has 6 heteroatoms. The fraction of sp³-hybridized carbons (Fsp3) is 1.00. The monoisotopic (exact) mass is 207 g/mol. The Morgan fingerprint density at radius 3 is 2.54 bits per heavy atom. The van der Waals surface area contributed by atoms with Crippen molar-refractivity contribution in [1.82, 2.24) is 8.61 Å². The molecular weight excluding hydrogens is 190 g/mol. The summed E-state index contributed by atoms with van der Waals surface area (Å²) in [5.41, 5.74) is 5.52. The van der Waals surface area contributed by atoms with E-state index < -0.39 is 10.2 Å². The second-order valence-electron chi connectivity index (χ2n) is 3.34. The molecule has 0 aromatic heterocycles. The highest BCUT2D eigenvalue weighted by atomic mass is 32.2. The van der Waals surface area contributed by atoms with E-state index in [1.165, 1.54) is 8.61 Å². The molecule has 0 spiro atoms. The van der Waals surface area contributed by atoms with Crippen molar-refractivity contribution in [2.45, 2.75) is 6.92 Å². The van der Waals surface area contributed by atoms with E-state index in [4.69, 9.17) is 5.73 Å². The van der Waals surface area contributed by atoms with Gasteiger partial charge in [0.25, 0.3) is 10.2 Å². The number of nitrogens with zero attached hydrogens (tertiary/aromatic N) is 2. The third kappa shape index (κ3) is 2.01. The summed E-state index contributed by atoms with van der Waals surface area (Å²) in [5, 5.41) is 0. The highest BCUT2D eigenvalue weighted by Gasteiger charge is 2.34. The van der Waals surface area contributed by atoms with Gasteiger partial charge in [-0.25, -0.2) is 0 Å². The van der Waals surface area contributed by atoms with Gasteiger partial charge in [0.2, 0.25) is 0 Å². The largest absolute Gasteiger partial charge is 0.330 e. The molecule has 0 bridgehead atoms. The predicted molar refractivity (Wildman–Crippen MR) is 51.3 cm³/mol. The highest BCUT2D eigenvalue weighted by molar-refractivity contribution is 7.86. The Hall–Kier alpha value is -0.170. The first kappa shape index (κ1) is 10.9. The molecule has 1 aliphatic rings. The normalized spacial score (nSPS) is 30.5. The molecule has 13 heavy (non-hydrogen) atoms. The second-order valence-corrected chi connectivity index (χ2v) is 5.38. The Morgan fingerprint density at radius 2 is 2.08 bits per heavy atom. The van der Waals surface area contributed by atoms with Crippen LogP contribution in [0.3, 0.4) is 0 Å². The van der Waals surface area contributed by atoms with Crippen molar-refractivity contribution in [3.63, 3.8) is 0 Å². The van der Waals surface area contributed by atoms with Gasteiger partial charge in [-0.1, -0.05) is 6.92 Å². The molecule has 0 aliphatic carbocycles. The Morgan fingerprint density at radius 1 is 1.46 bits per heavy atom. The Bertz CT molecular complexity index is 265. The molecule has 0 aromatic carbocycles. The van der Waals surface area contributed by atoms with E-state index in [-0.39, 0.29) is 5.92 Å². The maximum absolute atomic E-state index is 11.6. The standard InChI is InChI=1S/C7H17N3O2S/c1-3-10-6-7(4-8)5-9(2)13(10,11)12/h7H,3-6,8H2,1-2H3. The van der Waals surface area contributed by atoms with Gasteiger partial charge in [-0.2, -0.15) is 17.0 Å². The Kier molecular flexibility index (Phi) is 3.28. The number of hydrogen-bond acceptors (Lipinski definition) is 3. The van der Waals surface area contributed by atoms with Gasteiger partial charge in [0, 0.05) is 26.7 Å². The minimum atomic E-state index is -3.18. The zero-order valence-electron chi connectivity index (χ0n) is 8.10. The van der Waals surface area contributed by atoms with E-state index in [2.05, 4.69) is 0 Å². The summed E-state index contributed by atoms with van der Waals surface area (Å²) in [6.07, 6.45) is 0. The SMILES string of the molecule is CCN1CC(CN)CN(C)S1(=O)=O. The first-order chi connectivity index (χ1) is 6.02. The molecule has 0 radical (unpaired) electrons. The van der Waals surface area contributed by atoms with Gasteiger partial charge < -0.3 is 5.73 Å². The van der Waals surface area contributed by atoms with Crippen molar-refractivity contribution < 1.29 is 8.42 Å². The lowest BCUT2D eigenvalue weighted by atomic mass is 10.1. The fourth-order valence-electron chi connectivity index (χ4n) is 1.54. The summed E-state index contributed by atoms with van der Waals surface area (Å²) in [5.74, 6) is 0.258. The minimum absolute atomic E-state index is 0.258. The summed E-state index contributed by atoms with van der Waals surface area (Å²) < 4.78 is 26.1. The number of hydrogen-bond donors (Lipinski definition) is 1. The molecule has 0 amide bonds. The molecule has 1 unspecified atom stereocenters. The molecule has 0 aromatic rings. The molecule has 0 saturated carbocycles. The van der Waals surface area contributed by atoms with Crippen molar-refractivity contribution in [2.75, 3.05) is 33.2 Å². The Balaban J connectivity index is 2.82. The van der Waals surface area contributed by atoms with Crippen molar-refractivity contribution >= 4 is 10.2 Å². The van der Waals surface area contributed by atoms with Crippen LogP contribution in [0.25, 0.3) is 0 Å². The first-order valence-corrected chi connectivity index (χ1v) is 5.83. The summed E-state index contributed by atoms with van der Waals surface area (Å²) in [7, 11) is -1.59. The van der Waals surface area contributed by atoms with E-state index >= 15 is 0 Å². The van der Waals surface area contributed by atoms with Crippen LogP contribution >= 0.6 is 0 Å². The maximum atomic E-state index is 11.6. The molecule has 2 N–H and O–H groups in total. The van der Waals surface area contributed by atoms with Crippen LogP contribution in [0.4, 0.5) is 0 Å². The van der Waals surface area contributed by atoms with Crippen LogP contribution in [0.5, 0.6) is 0 Å². The lowest BCUT2D eigenvalue weighted by Gasteiger charge is -2.36. The molecule has 1 heterocycles. The number of rotatable bonds is 2. The molecule has 1 rings (SSSR count).